The molecule has 0 aromatic carbocycles. The van der Waals surface area contributed by atoms with E-state index in [-0.39, 0.29) is 23.0 Å². The van der Waals surface area contributed by atoms with Gasteiger partial charge in [-0.2, -0.15) is 0 Å². The molecule has 0 fully saturated rings. The second-order valence-electron chi connectivity index (χ2n) is 3.81. The Morgan fingerprint density at radius 2 is 2.33 bits per heavy atom. The minimum atomic E-state index is -0.383. The van der Waals surface area contributed by atoms with Crippen LogP contribution in [0.2, 0.25) is 0 Å². The van der Waals surface area contributed by atoms with Crippen molar-refractivity contribution in [3.8, 4) is 0 Å². The molecular formula is C12H10Cl2N2OS. The molecule has 3 rings (SSSR count). The van der Waals surface area contributed by atoms with Gasteiger partial charge in [-0.1, -0.05) is 6.07 Å². The average molecular weight is 301 g/mol. The van der Waals surface area contributed by atoms with Gasteiger partial charge in [-0.3, -0.25) is 9.78 Å². The lowest BCUT2D eigenvalue weighted by atomic mass is 10.2. The minimum Gasteiger partial charge on any atom is -0.333 e. The lowest BCUT2D eigenvalue weighted by molar-refractivity contribution is 0.108. The van der Waals surface area contributed by atoms with E-state index in [0.717, 1.165) is 17.0 Å². The van der Waals surface area contributed by atoms with E-state index in [1.807, 2.05) is 24.5 Å². The van der Waals surface area contributed by atoms with E-state index in [1.54, 1.807) is 24.0 Å². The minimum absolute atomic E-state index is 0. The van der Waals surface area contributed by atoms with E-state index < -0.39 is 0 Å². The Balaban J connectivity index is 0.00000120. The first-order chi connectivity index (χ1) is 8.27. The molecule has 0 unspecified atom stereocenters. The molecule has 0 saturated heterocycles. The Kier molecular flexibility index (Phi) is 4.00. The van der Waals surface area contributed by atoms with Crippen molar-refractivity contribution < 1.29 is 4.79 Å². The van der Waals surface area contributed by atoms with E-state index in [0.29, 0.717) is 5.56 Å². The molecule has 0 spiro atoms. The highest BCUT2D eigenvalue weighted by Gasteiger charge is 2.27. The standard InChI is InChI=1S/C12H9ClN2OS.ClH/c13-11(16)9-3-5-15-10(9)7-17-12(15)8-2-1-4-14-6-8;/h1-6,12H,7H2;1H/t12-;/m1./s1. The number of fused-ring (bicyclic) bond motifs is 1. The number of nitrogens with zero attached hydrogens (tertiary/aromatic N) is 2. The quantitative estimate of drug-likeness (QED) is 0.797. The summed E-state index contributed by atoms with van der Waals surface area (Å²) in [6.07, 6.45) is 5.53. The molecule has 1 aliphatic heterocycles. The van der Waals surface area contributed by atoms with Gasteiger partial charge >= 0.3 is 0 Å². The van der Waals surface area contributed by atoms with Crippen LogP contribution in [0.5, 0.6) is 0 Å². The van der Waals surface area contributed by atoms with Crippen LogP contribution in [0.4, 0.5) is 0 Å². The van der Waals surface area contributed by atoms with Crippen molar-refractivity contribution in [2.45, 2.75) is 11.1 Å². The lowest BCUT2D eigenvalue weighted by Crippen LogP contribution is -2.02. The summed E-state index contributed by atoms with van der Waals surface area (Å²) in [5.41, 5.74) is 2.76. The van der Waals surface area contributed by atoms with Crippen molar-refractivity contribution in [1.82, 2.24) is 9.55 Å². The largest absolute Gasteiger partial charge is 0.333 e. The molecule has 3 heterocycles. The Bertz CT molecular complexity index is 571. The van der Waals surface area contributed by atoms with Gasteiger partial charge in [0.05, 0.1) is 5.56 Å². The molecule has 0 aliphatic carbocycles. The smallest absolute Gasteiger partial charge is 0.254 e. The number of aromatic nitrogens is 2. The molecule has 0 N–H and O–H groups in total. The van der Waals surface area contributed by atoms with Crippen molar-refractivity contribution >= 4 is 41.0 Å². The highest BCUT2D eigenvalue weighted by atomic mass is 35.5. The predicted octanol–water partition coefficient (Wildman–Crippen LogP) is 3.48. The second-order valence-corrected chi connectivity index (χ2v) is 5.22. The molecule has 0 amide bonds. The Hall–Kier alpha value is -0.970. The lowest BCUT2D eigenvalue weighted by Gasteiger charge is -2.11. The van der Waals surface area contributed by atoms with E-state index in [4.69, 9.17) is 11.6 Å². The fourth-order valence-electron chi connectivity index (χ4n) is 2.05. The van der Waals surface area contributed by atoms with Crippen molar-refractivity contribution in [2.75, 3.05) is 0 Å². The van der Waals surface area contributed by atoms with E-state index in [1.165, 1.54) is 0 Å². The Morgan fingerprint density at radius 1 is 1.50 bits per heavy atom. The molecule has 1 aliphatic rings. The summed E-state index contributed by atoms with van der Waals surface area (Å²) < 4.78 is 2.09. The molecule has 0 bridgehead atoms. The zero-order chi connectivity index (χ0) is 11.8. The number of hydrogen-bond acceptors (Lipinski definition) is 3. The number of carbonyl (C=O) groups excluding carboxylic acids is 1. The molecule has 0 saturated carbocycles. The van der Waals surface area contributed by atoms with Crippen molar-refractivity contribution in [2.24, 2.45) is 0 Å². The van der Waals surface area contributed by atoms with E-state index in [2.05, 4.69) is 9.55 Å². The monoisotopic (exact) mass is 300 g/mol. The van der Waals surface area contributed by atoms with Crippen LogP contribution >= 0.6 is 35.8 Å². The summed E-state index contributed by atoms with van der Waals surface area (Å²) in [5.74, 6) is 0.806. The molecule has 2 aromatic heterocycles. The fourth-order valence-corrected chi connectivity index (χ4v) is 3.53. The van der Waals surface area contributed by atoms with Gasteiger partial charge in [-0.25, -0.2) is 0 Å². The zero-order valence-corrected chi connectivity index (χ0v) is 11.6. The molecule has 3 nitrogen and oxygen atoms in total. The summed E-state index contributed by atoms with van der Waals surface area (Å²) in [6, 6.07) is 5.75. The average Bonchev–Trinajstić information content (AvgIpc) is 2.89. The van der Waals surface area contributed by atoms with Crippen molar-refractivity contribution in [3.63, 3.8) is 0 Å². The van der Waals surface area contributed by atoms with Crippen LogP contribution in [-0.2, 0) is 5.75 Å². The number of rotatable bonds is 2. The van der Waals surface area contributed by atoms with Crippen LogP contribution in [0.25, 0.3) is 0 Å². The maximum absolute atomic E-state index is 11.2. The third-order valence-corrected chi connectivity index (χ3v) is 4.30. The predicted molar refractivity (Wildman–Crippen MR) is 75.5 cm³/mol. The van der Waals surface area contributed by atoms with Crippen LogP contribution in [-0.4, -0.2) is 14.8 Å². The Labute approximate surface area is 120 Å². The molecule has 6 heteroatoms. The highest BCUT2D eigenvalue weighted by molar-refractivity contribution is 7.99. The van der Waals surface area contributed by atoms with Gasteiger partial charge in [0.25, 0.3) is 5.24 Å². The second kappa shape index (κ2) is 5.34. The first-order valence-electron chi connectivity index (χ1n) is 5.18. The summed E-state index contributed by atoms with van der Waals surface area (Å²) in [4.78, 5) is 15.4. The van der Waals surface area contributed by atoms with Crippen LogP contribution in [0.3, 0.4) is 0 Å². The fraction of sp³-hybridized carbons (Fsp3) is 0.167. The first kappa shape index (κ1) is 13.5. The van der Waals surface area contributed by atoms with Crippen LogP contribution in [0.15, 0.2) is 36.8 Å². The number of hydrogen-bond donors (Lipinski definition) is 0. The number of pyridine rings is 1. The molecule has 94 valence electrons. The van der Waals surface area contributed by atoms with Gasteiger partial charge in [-0.15, -0.1) is 24.2 Å². The first-order valence-corrected chi connectivity index (χ1v) is 6.61. The third-order valence-electron chi connectivity index (χ3n) is 2.84. The highest BCUT2D eigenvalue weighted by Crippen LogP contribution is 2.41. The van der Waals surface area contributed by atoms with E-state index in [9.17, 15) is 4.79 Å². The van der Waals surface area contributed by atoms with Gasteiger partial charge in [-0.05, 0) is 23.7 Å². The van der Waals surface area contributed by atoms with Gasteiger partial charge < -0.3 is 4.57 Å². The summed E-state index contributed by atoms with van der Waals surface area (Å²) in [6.45, 7) is 0. The maximum Gasteiger partial charge on any atom is 0.254 e. The van der Waals surface area contributed by atoms with Gasteiger partial charge in [0.2, 0.25) is 0 Å². The molecular weight excluding hydrogens is 291 g/mol. The topological polar surface area (TPSA) is 34.9 Å². The van der Waals surface area contributed by atoms with Gasteiger partial charge in [0.1, 0.15) is 5.37 Å². The SMILES string of the molecule is Cl.O=C(Cl)c1ccn2c1CS[C@@H]2c1cccnc1. The van der Waals surface area contributed by atoms with Gasteiger partial charge in [0.15, 0.2) is 0 Å². The molecule has 0 radical (unpaired) electrons. The summed E-state index contributed by atoms with van der Waals surface area (Å²) in [7, 11) is 0. The van der Waals surface area contributed by atoms with Crippen molar-refractivity contribution in [1.29, 1.82) is 0 Å². The van der Waals surface area contributed by atoms with Crippen molar-refractivity contribution in [3.05, 3.63) is 53.6 Å². The van der Waals surface area contributed by atoms with Gasteiger partial charge in [0, 0.05) is 35.6 Å². The summed E-state index contributed by atoms with van der Waals surface area (Å²) >= 11 is 7.32. The Morgan fingerprint density at radius 3 is 3.00 bits per heavy atom. The van der Waals surface area contributed by atoms with Crippen LogP contribution in [0.1, 0.15) is 27.0 Å². The number of thioether (sulfide) groups is 1. The number of carbonyl (C=O) groups is 1. The van der Waals surface area contributed by atoms with Crippen LogP contribution < -0.4 is 0 Å². The molecule has 18 heavy (non-hydrogen) atoms. The third kappa shape index (κ3) is 2.16. The maximum atomic E-state index is 11.2. The number of halogens is 2. The summed E-state index contributed by atoms with van der Waals surface area (Å²) in [5, 5.41) is -0.186. The normalized spacial score (nSPS) is 17.1. The van der Waals surface area contributed by atoms with Crippen LogP contribution in [0, 0.1) is 0 Å². The molecule has 1 atom stereocenters. The molecule has 2 aromatic rings. The zero-order valence-electron chi connectivity index (χ0n) is 9.25. The van der Waals surface area contributed by atoms with E-state index >= 15 is 0 Å².